The van der Waals surface area contributed by atoms with E-state index in [1.165, 1.54) is 32.9 Å². The fourth-order valence-electron chi connectivity index (χ4n) is 3.23. The third kappa shape index (κ3) is 5.03. The Kier molecular flexibility index (Phi) is 6.82. The Hall–Kier alpha value is -3.34. The predicted octanol–water partition coefficient (Wildman–Crippen LogP) is 1.72. The predicted molar refractivity (Wildman–Crippen MR) is 127 cm³/mol. The first-order valence-corrected chi connectivity index (χ1v) is 11.1. The van der Waals surface area contributed by atoms with Crippen molar-refractivity contribution in [2.75, 3.05) is 20.0 Å². The van der Waals surface area contributed by atoms with Gasteiger partial charge in [0.15, 0.2) is 23.0 Å². The second kappa shape index (κ2) is 9.26. The highest BCUT2D eigenvalue weighted by Crippen LogP contribution is 2.32. The molecule has 0 aliphatic rings. The van der Waals surface area contributed by atoms with Gasteiger partial charge in [-0.15, -0.1) is 0 Å². The zero-order valence-corrected chi connectivity index (χ0v) is 20.5. The number of thioether (sulfide) groups is 1. The average molecular weight is 474 g/mol. The number of nitrogens with zero attached hydrogens (tertiary/aromatic N) is 4. The number of rotatable bonds is 6. The first-order valence-electron chi connectivity index (χ1n) is 10.1. The van der Waals surface area contributed by atoms with Crippen LogP contribution in [-0.2, 0) is 18.9 Å². The lowest BCUT2D eigenvalue weighted by Crippen LogP contribution is -2.41. The Morgan fingerprint density at radius 2 is 1.73 bits per heavy atom. The van der Waals surface area contributed by atoms with Crippen LogP contribution in [0.3, 0.4) is 0 Å². The number of methoxy groups -OCH3 is 2. The molecule has 0 saturated carbocycles. The number of fused-ring (bicyclic) bond motifs is 1. The molecule has 0 saturated heterocycles. The summed E-state index contributed by atoms with van der Waals surface area (Å²) >= 11 is 1.11. The molecule has 3 rings (SSSR count). The number of hydrogen-bond donors (Lipinski definition) is 1. The maximum absolute atomic E-state index is 12.9. The van der Waals surface area contributed by atoms with Crippen molar-refractivity contribution in [2.24, 2.45) is 14.1 Å². The van der Waals surface area contributed by atoms with Crippen LogP contribution in [0, 0.1) is 0 Å². The Balaban J connectivity index is 2.20. The molecule has 3 aromatic rings. The molecule has 10 nitrogen and oxygen atoms in total. The zero-order chi connectivity index (χ0) is 24.5. The molecule has 0 radical (unpaired) electrons. The number of aromatic nitrogens is 4. The van der Waals surface area contributed by atoms with E-state index in [4.69, 9.17) is 9.47 Å². The van der Waals surface area contributed by atoms with Crippen molar-refractivity contribution in [3.63, 3.8) is 0 Å². The van der Waals surface area contributed by atoms with Crippen LogP contribution in [-0.4, -0.2) is 50.5 Å². The van der Waals surface area contributed by atoms with E-state index in [-0.39, 0.29) is 28.5 Å². The van der Waals surface area contributed by atoms with Crippen LogP contribution in [0.4, 0.5) is 0 Å². The van der Waals surface area contributed by atoms with Crippen LogP contribution in [0.15, 0.2) is 32.8 Å². The van der Waals surface area contributed by atoms with Gasteiger partial charge in [0.2, 0.25) is 5.91 Å². The summed E-state index contributed by atoms with van der Waals surface area (Å²) in [5.41, 5.74) is -0.641. The highest BCUT2D eigenvalue weighted by Gasteiger charge is 2.21. The molecular weight excluding hydrogens is 446 g/mol. The third-order valence-electron chi connectivity index (χ3n) is 4.76. The summed E-state index contributed by atoms with van der Waals surface area (Å²) in [5, 5.41) is 3.37. The summed E-state index contributed by atoms with van der Waals surface area (Å²) in [5.74, 6) is 1.15. The van der Waals surface area contributed by atoms with Crippen molar-refractivity contribution in [1.29, 1.82) is 0 Å². The second-order valence-electron chi connectivity index (χ2n) is 8.41. The zero-order valence-electron chi connectivity index (χ0n) is 19.7. The summed E-state index contributed by atoms with van der Waals surface area (Å²) in [4.78, 5) is 47.0. The normalized spacial score (nSPS) is 11.5. The van der Waals surface area contributed by atoms with Crippen molar-refractivity contribution in [1.82, 2.24) is 24.4 Å². The minimum Gasteiger partial charge on any atom is -0.493 e. The molecule has 0 spiro atoms. The largest absolute Gasteiger partial charge is 0.493 e. The lowest BCUT2D eigenvalue weighted by molar-refractivity contribution is -0.119. The summed E-state index contributed by atoms with van der Waals surface area (Å²) in [6, 6.07) is 5.18. The molecule has 176 valence electrons. The minimum atomic E-state index is -0.523. The Bertz CT molecular complexity index is 1340. The molecule has 0 unspecified atom stereocenters. The summed E-state index contributed by atoms with van der Waals surface area (Å²) in [7, 11) is 5.99. The van der Waals surface area contributed by atoms with Gasteiger partial charge in [-0.2, -0.15) is 0 Å². The van der Waals surface area contributed by atoms with E-state index >= 15 is 0 Å². The molecule has 0 aliphatic carbocycles. The van der Waals surface area contributed by atoms with Crippen molar-refractivity contribution in [2.45, 2.75) is 31.3 Å². The average Bonchev–Trinajstić information content (AvgIpc) is 2.77. The number of benzene rings is 1. The number of hydrogen-bond acceptors (Lipinski definition) is 8. The molecule has 0 atom stereocenters. The molecule has 1 N–H and O–H groups in total. The van der Waals surface area contributed by atoms with Crippen LogP contribution in [0.5, 0.6) is 11.5 Å². The molecule has 33 heavy (non-hydrogen) atoms. The van der Waals surface area contributed by atoms with Crippen LogP contribution in [0.1, 0.15) is 20.8 Å². The Morgan fingerprint density at radius 3 is 2.33 bits per heavy atom. The van der Waals surface area contributed by atoms with Gasteiger partial charge in [0, 0.05) is 25.2 Å². The summed E-state index contributed by atoms with van der Waals surface area (Å²) < 4.78 is 13.0. The van der Waals surface area contributed by atoms with Gasteiger partial charge in [0.1, 0.15) is 10.4 Å². The quantitative estimate of drug-likeness (QED) is 0.425. The first kappa shape index (κ1) is 24.3. The van der Waals surface area contributed by atoms with Gasteiger partial charge in [-0.25, -0.2) is 14.8 Å². The highest BCUT2D eigenvalue weighted by atomic mass is 32.2. The Morgan fingerprint density at radius 1 is 1.06 bits per heavy atom. The van der Waals surface area contributed by atoms with E-state index < -0.39 is 16.8 Å². The van der Waals surface area contributed by atoms with E-state index in [0.717, 1.165) is 16.3 Å². The Labute approximate surface area is 195 Å². The van der Waals surface area contributed by atoms with Crippen LogP contribution in [0.2, 0.25) is 0 Å². The third-order valence-corrected chi connectivity index (χ3v) is 5.74. The van der Waals surface area contributed by atoms with Crippen LogP contribution >= 0.6 is 11.8 Å². The van der Waals surface area contributed by atoms with E-state index in [1.54, 1.807) is 18.2 Å². The van der Waals surface area contributed by atoms with Gasteiger partial charge in [0.25, 0.3) is 5.56 Å². The molecule has 2 heterocycles. The van der Waals surface area contributed by atoms with Crippen molar-refractivity contribution >= 4 is 28.7 Å². The first-order chi connectivity index (χ1) is 15.5. The number of carbonyl (C=O) groups excluding carboxylic acids is 1. The van der Waals surface area contributed by atoms with Gasteiger partial charge in [-0.1, -0.05) is 11.8 Å². The van der Waals surface area contributed by atoms with Gasteiger partial charge in [-0.3, -0.25) is 18.7 Å². The molecular formula is C22H27N5O5S. The second-order valence-corrected chi connectivity index (χ2v) is 9.38. The van der Waals surface area contributed by atoms with Crippen LogP contribution in [0.25, 0.3) is 22.4 Å². The molecule has 0 fully saturated rings. The summed E-state index contributed by atoms with van der Waals surface area (Å²) in [6.07, 6.45) is 0. The number of carbonyl (C=O) groups is 1. The molecule has 0 bridgehead atoms. The number of nitrogens with one attached hydrogen (secondary N) is 1. The maximum Gasteiger partial charge on any atom is 0.332 e. The SMILES string of the molecule is COc1ccc(-c2nc(SCC(=O)NC(C)(C)C)c3c(=O)n(C)c(=O)n(C)c3n2)cc1OC. The van der Waals surface area contributed by atoms with Gasteiger partial charge in [0.05, 0.1) is 20.0 Å². The molecule has 2 aromatic heterocycles. The van der Waals surface area contributed by atoms with E-state index in [1.807, 2.05) is 20.8 Å². The smallest absolute Gasteiger partial charge is 0.332 e. The maximum atomic E-state index is 12.9. The topological polar surface area (TPSA) is 117 Å². The van der Waals surface area contributed by atoms with Crippen molar-refractivity contribution < 1.29 is 14.3 Å². The standard InChI is InChI=1S/C22H27N5O5S/c1-22(2,3)25-15(28)11-33-19-16-18(26(4)21(30)27(5)20(16)29)23-17(24-19)12-8-9-13(31-6)14(10-12)32-7/h8-10H,11H2,1-7H3,(H,25,28). The summed E-state index contributed by atoms with van der Waals surface area (Å²) in [6.45, 7) is 5.66. The fraction of sp³-hybridized carbons (Fsp3) is 0.409. The van der Waals surface area contributed by atoms with E-state index in [2.05, 4.69) is 15.3 Å². The number of amides is 1. The van der Waals surface area contributed by atoms with Crippen molar-refractivity contribution in [3.05, 3.63) is 39.0 Å². The van der Waals surface area contributed by atoms with Gasteiger partial charge >= 0.3 is 5.69 Å². The van der Waals surface area contributed by atoms with E-state index in [9.17, 15) is 14.4 Å². The monoisotopic (exact) mass is 473 g/mol. The van der Waals surface area contributed by atoms with Crippen molar-refractivity contribution in [3.8, 4) is 22.9 Å². The molecule has 0 aliphatic heterocycles. The molecule has 11 heteroatoms. The number of aryl methyl sites for hydroxylation is 1. The number of ether oxygens (including phenoxy) is 2. The highest BCUT2D eigenvalue weighted by molar-refractivity contribution is 8.00. The molecule has 1 aromatic carbocycles. The van der Waals surface area contributed by atoms with E-state index in [0.29, 0.717) is 22.1 Å². The lowest BCUT2D eigenvalue weighted by atomic mass is 10.1. The lowest BCUT2D eigenvalue weighted by Gasteiger charge is -2.20. The minimum absolute atomic E-state index is 0.0424. The van der Waals surface area contributed by atoms with Crippen LogP contribution < -0.4 is 26.0 Å². The fourth-order valence-corrected chi connectivity index (χ4v) is 4.04. The van der Waals surface area contributed by atoms with Gasteiger partial charge in [-0.05, 0) is 39.0 Å². The van der Waals surface area contributed by atoms with Gasteiger partial charge < -0.3 is 14.8 Å². The molecule has 1 amide bonds.